The van der Waals surface area contributed by atoms with Crippen LogP contribution in [0.4, 0.5) is 0 Å². The van der Waals surface area contributed by atoms with Crippen LogP contribution < -0.4 is 5.56 Å². The number of benzene rings is 1. The van der Waals surface area contributed by atoms with Crippen molar-refractivity contribution in [1.82, 2.24) is 9.47 Å². The lowest BCUT2D eigenvalue weighted by Gasteiger charge is -2.27. The van der Waals surface area contributed by atoms with E-state index in [2.05, 4.69) is 15.9 Å². The third kappa shape index (κ3) is 4.31. The van der Waals surface area contributed by atoms with E-state index in [9.17, 15) is 9.59 Å². The molecule has 0 aliphatic rings. The molecule has 0 bridgehead atoms. The molecule has 0 saturated carbocycles. The summed E-state index contributed by atoms with van der Waals surface area (Å²) in [6, 6.07) is 13.0. The molecule has 0 aliphatic carbocycles. The number of carbonyl (C=O) groups is 1. The van der Waals surface area contributed by atoms with E-state index in [1.54, 1.807) is 17.2 Å². The summed E-state index contributed by atoms with van der Waals surface area (Å²) in [6.45, 7) is 4.54. The highest BCUT2D eigenvalue weighted by atomic mass is 79.9. The second-order valence-electron chi connectivity index (χ2n) is 5.41. The molecule has 0 radical (unpaired) electrons. The highest BCUT2D eigenvalue weighted by molar-refractivity contribution is 9.10. The second kappa shape index (κ2) is 7.40. The van der Waals surface area contributed by atoms with Gasteiger partial charge >= 0.3 is 0 Å². The van der Waals surface area contributed by atoms with Gasteiger partial charge in [-0.1, -0.05) is 30.3 Å². The van der Waals surface area contributed by atoms with Crippen LogP contribution in [0.5, 0.6) is 0 Å². The second-order valence-corrected chi connectivity index (χ2v) is 6.33. The molecule has 0 aliphatic heterocycles. The van der Waals surface area contributed by atoms with Gasteiger partial charge in [0.1, 0.15) is 6.54 Å². The van der Waals surface area contributed by atoms with Gasteiger partial charge < -0.3 is 9.47 Å². The van der Waals surface area contributed by atoms with Gasteiger partial charge in [-0.05, 0) is 41.4 Å². The van der Waals surface area contributed by atoms with Crippen LogP contribution in [0, 0.1) is 0 Å². The fourth-order valence-corrected chi connectivity index (χ4v) is 2.58. The Labute approximate surface area is 138 Å². The first-order valence-electron chi connectivity index (χ1n) is 7.17. The van der Waals surface area contributed by atoms with Crippen LogP contribution in [0.25, 0.3) is 0 Å². The van der Waals surface area contributed by atoms with E-state index in [4.69, 9.17) is 0 Å². The molecule has 4 nitrogen and oxygen atoms in total. The van der Waals surface area contributed by atoms with Gasteiger partial charge in [0, 0.05) is 29.3 Å². The summed E-state index contributed by atoms with van der Waals surface area (Å²) in [5, 5.41) is 0. The lowest BCUT2D eigenvalue weighted by molar-refractivity contribution is -0.134. The zero-order valence-corrected chi connectivity index (χ0v) is 14.3. The van der Waals surface area contributed by atoms with Crippen molar-refractivity contribution in [2.45, 2.75) is 33.0 Å². The fraction of sp³-hybridized carbons (Fsp3) is 0.294. The summed E-state index contributed by atoms with van der Waals surface area (Å²) in [5.41, 5.74) is 0.895. The maximum atomic E-state index is 12.6. The monoisotopic (exact) mass is 362 g/mol. The zero-order chi connectivity index (χ0) is 16.1. The van der Waals surface area contributed by atoms with Crippen LogP contribution in [0.15, 0.2) is 57.9 Å². The Bertz CT molecular complexity index is 695. The Kier molecular flexibility index (Phi) is 5.55. The number of hydrogen-bond donors (Lipinski definition) is 0. The summed E-state index contributed by atoms with van der Waals surface area (Å²) in [7, 11) is 0. The summed E-state index contributed by atoms with van der Waals surface area (Å²) in [4.78, 5) is 26.2. The molecular weight excluding hydrogens is 344 g/mol. The van der Waals surface area contributed by atoms with Crippen molar-refractivity contribution in [2.24, 2.45) is 0 Å². The smallest absolute Gasteiger partial charge is 0.251 e. The van der Waals surface area contributed by atoms with Gasteiger partial charge in [0.2, 0.25) is 5.91 Å². The van der Waals surface area contributed by atoms with Gasteiger partial charge in [-0.15, -0.1) is 0 Å². The minimum absolute atomic E-state index is 0.0449. The minimum atomic E-state index is -0.181. The molecule has 1 amide bonds. The van der Waals surface area contributed by atoms with Crippen LogP contribution in [0.3, 0.4) is 0 Å². The Morgan fingerprint density at radius 3 is 2.50 bits per heavy atom. The molecule has 0 N–H and O–H groups in total. The first kappa shape index (κ1) is 16.5. The van der Waals surface area contributed by atoms with E-state index in [-0.39, 0.29) is 24.1 Å². The van der Waals surface area contributed by atoms with Gasteiger partial charge in [-0.2, -0.15) is 0 Å². The highest BCUT2D eigenvalue weighted by Gasteiger charge is 2.18. The lowest BCUT2D eigenvalue weighted by Crippen LogP contribution is -2.40. The number of carbonyl (C=O) groups excluding carboxylic acids is 1. The molecule has 0 atom stereocenters. The standard InChI is InChI=1S/C17H19BrN2O2/c1-13(2)20(10-14-6-4-3-5-7-14)17(22)12-19-11-15(18)8-9-16(19)21/h3-9,11,13H,10,12H2,1-2H3. The van der Waals surface area contributed by atoms with Gasteiger partial charge in [-0.25, -0.2) is 0 Å². The van der Waals surface area contributed by atoms with Crippen LogP contribution in [-0.4, -0.2) is 21.4 Å². The normalized spacial score (nSPS) is 10.7. The molecule has 0 saturated heterocycles. The molecule has 0 unspecified atom stereocenters. The van der Waals surface area contributed by atoms with Crippen molar-refractivity contribution < 1.29 is 4.79 Å². The number of nitrogens with zero attached hydrogens (tertiary/aromatic N) is 2. The van der Waals surface area contributed by atoms with Gasteiger partial charge in [0.25, 0.3) is 5.56 Å². The maximum absolute atomic E-state index is 12.6. The molecule has 5 heteroatoms. The van der Waals surface area contributed by atoms with E-state index in [1.807, 2.05) is 44.2 Å². The third-order valence-corrected chi connectivity index (χ3v) is 3.86. The van der Waals surface area contributed by atoms with E-state index in [0.717, 1.165) is 10.0 Å². The van der Waals surface area contributed by atoms with Crippen LogP contribution in [0.1, 0.15) is 19.4 Å². The molecule has 2 rings (SSSR count). The molecule has 22 heavy (non-hydrogen) atoms. The average Bonchev–Trinajstić information content (AvgIpc) is 2.49. The number of pyridine rings is 1. The summed E-state index contributed by atoms with van der Waals surface area (Å²) in [5.74, 6) is -0.0703. The van der Waals surface area contributed by atoms with E-state index < -0.39 is 0 Å². The van der Waals surface area contributed by atoms with E-state index in [0.29, 0.717) is 6.54 Å². The molecule has 1 aromatic heterocycles. The summed E-state index contributed by atoms with van der Waals surface area (Å²) in [6.07, 6.45) is 1.64. The topological polar surface area (TPSA) is 42.3 Å². The van der Waals surface area contributed by atoms with Crippen molar-refractivity contribution in [3.8, 4) is 0 Å². The first-order valence-corrected chi connectivity index (χ1v) is 7.96. The van der Waals surface area contributed by atoms with Gasteiger partial charge in [0.05, 0.1) is 0 Å². The van der Waals surface area contributed by atoms with Crippen molar-refractivity contribution >= 4 is 21.8 Å². The summed E-state index contributed by atoms with van der Waals surface area (Å²) >= 11 is 3.32. The van der Waals surface area contributed by atoms with Crippen molar-refractivity contribution in [2.75, 3.05) is 0 Å². The Morgan fingerprint density at radius 1 is 1.18 bits per heavy atom. The van der Waals surface area contributed by atoms with Crippen molar-refractivity contribution in [3.63, 3.8) is 0 Å². The van der Waals surface area contributed by atoms with Gasteiger partial charge in [-0.3, -0.25) is 9.59 Å². The molecule has 0 fully saturated rings. The molecule has 0 spiro atoms. The highest BCUT2D eigenvalue weighted by Crippen LogP contribution is 2.10. The zero-order valence-electron chi connectivity index (χ0n) is 12.7. The van der Waals surface area contributed by atoms with E-state index in [1.165, 1.54) is 10.6 Å². The van der Waals surface area contributed by atoms with Crippen LogP contribution >= 0.6 is 15.9 Å². The Morgan fingerprint density at radius 2 is 1.86 bits per heavy atom. The number of aromatic nitrogens is 1. The van der Waals surface area contributed by atoms with Crippen molar-refractivity contribution in [3.05, 3.63) is 69.1 Å². The Balaban J connectivity index is 2.16. The number of rotatable bonds is 5. The molecular formula is C17H19BrN2O2. The minimum Gasteiger partial charge on any atom is -0.334 e. The molecule has 116 valence electrons. The number of halogens is 1. The van der Waals surface area contributed by atoms with Gasteiger partial charge in [0.15, 0.2) is 0 Å². The summed E-state index contributed by atoms with van der Waals surface area (Å²) < 4.78 is 2.20. The predicted octanol–water partition coefficient (Wildman–Crippen LogP) is 3.05. The van der Waals surface area contributed by atoms with E-state index >= 15 is 0 Å². The number of amides is 1. The maximum Gasteiger partial charge on any atom is 0.251 e. The predicted molar refractivity (Wildman–Crippen MR) is 90.5 cm³/mol. The van der Waals surface area contributed by atoms with Crippen LogP contribution in [-0.2, 0) is 17.9 Å². The Hall–Kier alpha value is -1.88. The fourth-order valence-electron chi connectivity index (χ4n) is 2.20. The SMILES string of the molecule is CC(C)N(Cc1ccccc1)C(=O)Cn1cc(Br)ccc1=O. The molecule has 1 aromatic carbocycles. The number of hydrogen-bond acceptors (Lipinski definition) is 2. The lowest BCUT2D eigenvalue weighted by atomic mass is 10.2. The first-order chi connectivity index (χ1) is 10.5. The molecule has 2 aromatic rings. The quantitative estimate of drug-likeness (QED) is 0.820. The third-order valence-electron chi connectivity index (χ3n) is 3.39. The van der Waals surface area contributed by atoms with Crippen molar-refractivity contribution in [1.29, 1.82) is 0 Å². The van der Waals surface area contributed by atoms with Crippen LogP contribution in [0.2, 0.25) is 0 Å². The largest absolute Gasteiger partial charge is 0.334 e. The molecule has 1 heterocycles. The average molecular weight is 363 g/mol.